The number of nitrogens with two attached hydrogens (primary N) is 1. The lowest BCUT2D eigenvalue weighted by atomic mass is 9.92. The van der Waals surface area contributed by atoms with Gasteiger partial charge in [-0.3, -0.25) is 4.79 Å². The molecule has 3 rings (SSSR count). The van der Waals surface area contributed by atoms with Crippen molar-refractivity contribution >= 4 is 11.6 Å². The molecule has 4 heteroatoms. The van der Waals surface area contributed by atoms with E-state index in [1.807, 2.05) is 36.1 Å². The van der Waals surface area contributed by atoms with Gasteiger partial charge in [-0.1, -0.05) is 19.9 Å². The molecule has 4 nitrogen and oxygen atoms in total. The van der Waals surface area contributed by atoms with Crippen LogP contribution in [0.4, 0.5) is 5.69 Å². The number of likely N-dealkylation sites (tertiary alicyclic amines) is 1. The molecule has 0 unspecified atom stereocenters. The molecule has 0 aliphatic carbocycles. The summed E-state index contributed by atoms with van der Waals surface area (Å²) in [5.41, 5.74) is 8.66. The lowest BCUT2D eigenvalue weighted by Gasteiger charge is -2.34. The minimum atomic E-state index is -0.0275. The number of anilines is 1. The topological polar surface area (TPSA) is 59.5 Å². The van der Waals surface area contributed by atoms with Crippen molar-refractivity contribution in [3.05, 3.63) is 41.7 Å². The van der Waals surface area contributed by atoms with Crippen molar-refractivity contribution in [3.63, 3.8) is 0 Å². The number of hydrogen-bond donors (Lipinski definition) is 1. The Morgan fingerprint density at radius 3 is 2.52 bits per heavy atom. The van der Waals surface area contributed by atoms with Crippen LogP contribution in [0.2, 0.25) is 0 Å². The fourth-order valence-corrected chi connectivity index (χ4v) is 3.49. The van der Waals surface area contributed by atoms with E-state index in [4.69, 9.17) is 10.2 Å². The molecule has 2 atom stereocenters. The molecule has 1 aliphatic rings. The summed E-state index contributed by atoms with van der Waals surface area (Å²) in [6.45, 7) is 7.97. The normalized spacial score (nSPS) is 21.4. The molecule has 2 aromatic rings. The van der Waals surface area contributed by atoms with Crippen LogP contribution in [0.25, 0.3) is 11.3 Å². The van der Waals surface area contributed by atoms with Crippen LogP contribution in [0.1, 0.15) is 36.4 Å². The van der Waals surface area contributed by atoms with E-state index >= 15 is 0 Å². The first kappa shape index (κ1) is 15.7. The third kappa shape index (κ3) is 3.26. The molecule has 122 valence electrons. The highest BCUT2D eigenvalue weighted by Crippen LogP contribution is 2.29. The number of carbonyl (C=O) groups is 1. The van der Waals surface area contributed by atoms with Crippen molar-refractivity contribution in [1.82, 2.24) is 4.90 Å². The predicted molar refractivity (Wildman–Crippen MR) is 92.1 cm³/mol. The Morgan fingerprint density at radius 2 is 1.87 bits per heavy atom. The first-order valence-corrected chi connectivity index (χ1v) is 8.19. The Labute approximate surface area is 137 Å². The summed E-state index contributed by atoms with van der Waals surface area (Å²) < 4.78 is 5.80. The van der Waals surface area contributed by atoms with Crippen LogP contribution in [0.15, 0.2) is 34.7 Å². The van der Waals surface area contributed by atoms with Crippen molar-refractivity contribution in [1.29, 1.82) is 0 Å². The number of nitrogen functional groups attached to an aromatic ring is 1. The average Bonchev–Trinajstić information content (AvgIpc) is 2.95. The fourth-order valence-electron chi connectivity index (χ4n) is 3.49. The molecule has 1 aliphatic heterocycles. The summed E-state index contributed by atoms with van der Waals surface area (Å²) in [5.74, 6) is 2.07. The van der Waals surface area contributed by atoms with Crippen molar-refractivity contribution < 1.29 is 9.21 Å². The van der Waals surface area contributed by atoms with Crippen LogP contribution in [0, 0.1) is 18.8 Å². The first-order chi connectivity index (χ1) is 10.9. The molecule has 1 fully saturated rings. The number of amides is 1. The summed E-state index contributed by atoms with van der Waals surface area (Å²) >= 11 is 0. The van der Waals surface area contributed by atoms with E-state index in [0.29, 0.717) is 29.0 Å². The van der Waals surface area contributed by atoms with Gasteiger partial charge in [0.25, 0.3) is 5.91 Å². The molecule has 1 aromatic heterocycles. The summed E-state index contributed by atoms with van der Waals surface area (Å²) in [6, 6.07) is 9.41. The summed E-state index contributed by atoms with van der Waals surface area (Å²) in [6.07, 6.45) is 1.17. The largest absolute Gasteiger partial charge is 0.451 e. The zero-order chi connectivity index (χ0) is 16.6. The van der Waals surface area contributed by atoms with E-state index in [9.17, 15) is 4.79 Å². The van der Waals surface area contributed by atoms with Crippen LogP contribution >= 0.6 is 0 Å². The molecule has 23 heavy (non-hydrogen) atoms. The Bertz CT molecular complexity index is 710. The van der Waals surface area contributed by atoms with Gasteiger partial charge < -0.3 is 15.1 Å². The number of benzene rings is 1. The first-order valence-electron chi connectivity index (χ1n) is 8.19. The molecule has 0 radical (unpaired) electrons. The van der Waals surface area contributed by atoms with Gasteiger partial charge >= 0.3 is 0 Å². The predicted octanol–water partition coefficient (Wildman–Crippen LogP) is 3.96. The Morgan fingerprint density at radius 1 is 1.17 bits per heavy atom. The van der Waals surface area contributed by atoms with Crippen LogP contribution in [0.3, 0.4) is 0 Å². The van der Waals surface area contributed by atoms with Gasteiger partial charge in [0.1, 0.15) is 5.76 Å². The number of carbonyl (C=O) groups excluding carboxylic acids is 1. The Balaban J connectivity index is 1.82. The highest BCUT2D eigenvalue weighted by atomic mass is 16.4. The minimum absolute atomic E-state index is 0.0275. The molecule has 2 heterocycles. The van der Waals surface area contributed by atoms with E-state index in [1.54, 1.807) is 6.07 Å². The van der Waals surface area contributed by atoms with Crippen molar-refractivity contribution in [3.8, 4) is 11.3 Å². The number of nitrogens with zero attached hydrogens (tertiary/aromatic N) is 1. The van der Waals surface area contributed by atoms with Gasteiger partial charge in [-0.15, -0.1) is 0 Å². The fraction of sp³-hybridized carbons (Fsp3) is 0.421. The lowest BCUT2D eigenvalue weighted by Crippen LogP contribution is -2.42. The van der Waals surface area contributed by atoms with Crippen LogP contribution in [-0.4, -0.2) is 23.9 Å². The highest BCUT2D eigenvalue weighted by molar-refractivity contribution is 5.92. The smallest absolute Gasteiger partial charge is 0.289 e. The number of aryl methyl sites for hydroxylation is 1. The van der Waals surface area contributed by atoms with Crippen LogP contribution < -0.4 is 5.73 Å². The van der Waals surface area contributed by atoms with E-state index in [1.165, 1.54) is 6.42 Å². The van der Waals surface area contributed by atoms with Gasteiger partial charge in [0.05, 0.1) is 0 Å². The van der Waals surface area contributed by atoms with E-state index in [2.05, 4.69) is 13.8 Å². The quantitative estimate of drug-likeness (QED) is 0.854. The molecular weight excluding hydrogens is 288 g/mol. The lowest BCUT2D eigenvalue weighted by molar-refractivity contribution is 0.0592. The van der Waals surface area contributed by atoms with E-state index in [-0.39, 0.29) is 5.91 Å². The number of furan rings is 1. The maximum absolute atomic E-state index is 12.7. The molecule has 0 spiro atoms. The summed E-state index contributed by atoms with van der Waals surface area (Å²) in [7, 11) is 0. The molecule has 0 bridgehead atoms. The third-order valence-electron chi connectivity index (χ3n) is 4.45. The van der Waals surface area contributed by atoms with Gasteiger partial charge in [-0.25, -0.2) is 0 Å². The number of rotatable bonds is 2. The molecule has 1 amide bonds. The zero-order valence-corrected chi connectivity index (χ0v) is 14.0. The molecule has 0 saturated carbocycles. The van der Waals surface area contributed by atoms with E-state index < -0.39 is 0 Å². The average molecular weight is 312 g/mol. The Hall–Kier alpha value is -2.23. The highest BCUT2D eigenvalue weighted by Gasteiger charge is 2.27. The standard InChI is InChI=1S/C19H24N2O2/c1-12-4-5-15(16(20)9-12)17-6-7-18(23-17)19(22)21-10-13(2)8-14(3)11-21/h4-7,9,13-14H,8,10-11,20H2,1-3H3/t13-,14-/m1/s1. The second kappa shape index (κ2) is 6.11. The molecule has 2 N–H and O–H groups in total. The van der Waals surface area contributed by atoms with Crippen LogP contribution in [-0.2, 0) is 0 Å². The molecule has 1 saturated heterocycles. The van der Waals surface area contributed by atoms with Gasteiger partial charge in [-0.05, 0) is 55.0 Å². The minimum Gasteiger partial charge on any atom is -0.451 e. The van der Waals surface area contributed by atoms with Gasteiger partial charge in [0, 0.05) is 24.3 Å². The van der Waals surface area contributed by atoms with Gasteiger partial charge in [0.15, 0.2) is 5.76 Å². The van der Waals surface area contributed by atoms with Crippen molar-refractivity contribution in [2.75, 3.05) is 18.8 Å². The van der Waals surface area contributed by atoms with Gasteiger partial charge in [0.2, 0.25) is 0 Å². The van der Waals surface area contributed by atoms with Gasteiger partial charge in [-0.2, -0.15) is 0 Å². The van der Waals surface area contributed by atoms with Crippen molar-refractivity contribution in [2.24, 2.45) is 11.8 Å². The monoisotopic (exact) mass is 312 g/mol. The molecular formula is C19H24N2O2. The second-order valence-electron chi connectivity index (χ2n) is 6.91. The second-order valence-corrected chi connectivity index (χ2v) is 6.91. The SMILES string of the molecule is Cc1ccc(-c2ccc(C(=O)N3C[C@H](C)C[C@@H](C)C3)o2)c(N)c1. The summed E-state index contributed by atoms with van der Waals surface area (Å²) in [5, 5.41) is 0. The Kier molecular flexibility index (Phi) is 4.16. The summed E-state index contributed by atoms with van der Waals surface area (Å²) in [4.78, 5) is 14.6. The maximum Gasteiger partial charge on any atom is 0.289 e. The number of piperidine rings is 1. The van der Waals surface area contributed by atoms with Crippen LogP contribution in [0.5, 0.6) is 0 Å². The maximum atomic E-state index is 12.7. The number of hydrogen-bond acceptors (Lipinski definition) is 3. The third-order valence-corrected chi connectivity index (χ3v) is 4.45. The van der Waals surface area contributed by atoms with Crippen molar-refractivity contribution in [2.45, 2.75) is 27.2 Å². The van der Waals surface area contributed by atoms with E-state index in [0.717, 1.165) is 24.2 Å². The zero-order valence-electron chi connectivity index (χ0n) is 14.0. The molecule has 1 aromatic carbocycles.